The van der Waals surface area contributed by atoms with E-state index in [9.17, 15) is 4.79 Å². The van der Waals surface area contributed by atoms with Crippen molar-refractivity contribution in [3.63, 3.8) is 0 Å². The fourth-order valence-corrected chi connectivity index (χ4v) is 2.63. The minimum atomic E-state index is -0.146. The fraction of sp³-hybridized carbons (Fsp3) is 0.200. The summed E-state index contributed by atoms with van der Waals surface area (Å²) in [5, 5.41) is 0.616. The standard InChI is InChI=1S/C15H12N2O3S/c1-3-6-21-15-16-11(14(18)17(15)2)7-10-4-5-12-13(8-10)20-9-19-12/h1,4-5,7-8H,6,9H2,2H3/b11-7-. The molecule has 0 spiro atoms. The van der Waals surface area contributed by atoms with Crippen LogP contribution in [0.3, 0.4) is 0 Å². The van der Waals surface area contributed by atoms with E-state index in [1.54, 1.807) is 13.1 Å². The van der Waals surface area contributed by atoms with Crippen LogP contribution < -0.4 is 9.47 Å². The quantitative estimate of drug-likeness (QED) is 0.619. The third-order valence-electron chi connectivity index (χ3n) is 3.01. The number of carbonyl (C=O) groups is 1. The molecule has 3 rings (SSSR count). The summed E-state index contributed by atoms with van der Waals surface area (Å²) in [6.45, 7) is 0.224. The van der Waals surface area contributed by atoms with Crippen molar-refractivity contribution in [2.45, 2.75) is 0 Å². The lowest BCUT2D eigenvalue weighted by Crippen LogP contribution is -2.25. The first kappa shape index (κ1) is 13.6. The van der Waals surface area contributed by atoms with Gasteiger partial charge in [-0.25, -0.2) is 4.99 Å². The highest BCUT2D eigenvalue weighted by atomic mass is 32.2. The number of ether oxygens (including phenoxy) is 2. The summed E-state index contributed by atoms with van der Waals surface area (Å²) >= 11 is 1.36. The molecule has 0 bridgehead atoms. The van der Waals surface area contributed by atoms with Crippen molar-refractivity contribution in [3.8, 4) is 23.8 Å². The molecule has 21 heavy (non-hydrogen) atoms. The number of hydrogen-bond donors (Lipinski definition) is 0. The molecule has 2 aliphatic rings. The van der Waals surface area contributed by atoms with E-state index in [2.05, 4.69) is 10.9 Å². The normalized spacial score (nSPS) is 18.1. The zero-order valence-electron chi connectivity index (χ0n) is 11.3. The van der Waals surface area contributed by atoms with Gasteiger partial charge in [0.15, 0.2) is 16.7 Å². The van der Waals surface area contributed by atoms with Gasteiger partial charge in [-0.15, -0.1) is 6.42 Å². The predicted octanol–water partition coefficient (Wildman–Crippen LogP) is 1.95. The maximum Gasteiger partial charge on any atom is 0.278 e. The molecular weight excluding hydrogens is 288 g/mol. The first-order valence-electron chi connectivity index (χ1n) is 6.23. The first-order valence-corrected chi connectivity index (χ1v) is 7.22. The van der Waals surface area contributed by atoms with Crippen molar-refractivity contribution in [2.75, 3.05) is 19.6 Å². The Morgan fingerprint density at radius 1 is 1.48 bits per heavy atom. The van der Waals surface area contributed by atoms with Crippen LogP contribution in [0.25, 0.3) is 6.08 Å². The van der Waals surface area contributed by atoms with E-state index in [4.69, 9.17) is 15.9 Å². The molecule has 0 saturated heterocycles. The van der Waals surface area contributed by atoms with E-state index in [1.165, 1.54) is 16.7 Å². The molecule has 0 fully saturated rings. The molecule has 6 heteroatoms. The maximum absolute atomic E-state index is 12.1. The largest absolute Gasteiger partial charge is 0.454 e. The summed E-state index contributed by atoms with van der Waals surface area (Å²) in [5.74, 6) is 4.23. The van der Waals surface area contributed by atoms with Crippen LogP contribution in [0.1, 0.15) is 5.56 Å². The van der Waals surface area contributed by atoms with Gasteiger partial charge in [0.1, 0.15) is 5.70 Å². The SMILES string of the molecule is C#CCSC1=N/C(=C\c2ccc3c(c2)OCO3)C(=O)N1C. The van der Waals surface area contributed by atoms with Crippen LogP contribution in [-0.2, 0) is 4.79 Å². The topological polar surface area (TPSA) is 51.1 Å². The summed E-state index contributed by atoms with van der Waals surface area (Å²) in [4.78, 5) is 18.0. The molecule has 0 N–H and O–H groups in total. The van der Waals surface area contributed by atoms with Crippen LogP contribution in [0, 0.1) is 12.3 Å². The van der Waals surface area contributed by atoms with E-state index >= 15 is 0 Å². The Bertz CT molecular complexity index is 703. The van der Waals surface area contributed by atoms with E-state index in [-0.39, 0.29) is 12.7 Å². The minimum absolute atomic E-state index is 0.146. The molecule has 1 amide bonds. The molecule has 2 aliphatic heterocycles. The molecule has 1 aromatic carbocycles. The molecule has 0 radical (unpaired) electrons. The predicted molar refractivity (Wildman–Crippen MR) is 82.0 cm³/mol. The number of amides is 1. The minimum Gasteiger partial charge on any atom is -0.454 e. The van der Waals surface area contributed by atoms with Crippen molar-refractivity contribution in [3.05, 3.63) is 29.5 Å². The number of carbonyl (C=O) groups excluding carboxylic acids is 1. The van der Waals surface area contributed by atoms with Gasteiger partial charge in [0.2, 0.25) is 6.79 Å². The van der Waals surface area contributed by atoms with Crippen LogP contribution >= 0.6 is 11.8 Å². The van der Waals surface area contributed by atoms with Crippen molar-refractivity contribution in [1.29, 1.82) is 0 Å². The van der Waals surface area contributed by atoms with Crippen LogP contribution in [0.2, 0.25) is 0 Å². The summed E-state index contributed by atoms with van der Waals surface area (Å²) in [6.07, 6.45) is 6.95. The third kappa shape index (κ3) is 2.60. The van der Waals surface area contributed by atoms with Crippen LogP contribution in [0.15, 0.2) is 28.9 Å². The maximum atomic E-state index is 12.1. The van der Waals surface area contributed by atoms with E-state index in [0.29, 0.717) is 28.1 Å². The van der Waals surface area contributed by atoms with Crippen LogP contribution in [-0.4, -0.2) is 35.6 Å². The highest BCUT2D eigenvalue weighted by Gasteiger charge is 2.27. The van der Waals surface area contributed by atoms with Crippen molar-refractivity contribution in [1.82, 2.24) is 4.90 Å². The Morgan fingerprint density at radius 2 is 2.29 bits per heavy atom. The van der Waals surface area contributed by atoms with Gasteiger partial charge < -0.3 is 9.47 Å². The van der Waals surface area contributed by atoms with Gasteiger partial charge in [-0.1, -0.05) is 23.7 Å². The molecule has 1 aromatic rings. The smallest absolute Gasteiger partial charge is 0.278 e. The molecule has 0 saturated carbocycles. The molecule has 5 nitrogen and oxygen atoms in total. The highest BCUT2D eigenvalue weighted by molar-refractivity contribution is 8.14. The lowest BCUT2D eigenvalue weighted by Gasteiger charge is -2.08. The number of rotatable bonds is 2. The number of amidine groups is 1. The number of likely N-dealkylation sites (N-methyl/N-ethyl adjacent to an activating group) is 1. The molecular formula is C15H12N2O3S. The van der Waals surface area contributed by atoms with Gasteiger partial charge in [0, 0.05) is 7.05 Å². The zero-order chi connectivity index (χ0) is 14.8. The van der Waals surface area contributed by atoms with E-state index in [1.807, 2.05) is 18.2 Å². The Kier molecular flexibility index (Phi) is 3.59. The highest BCUT2D eigenvalue weighted by Crippen LogP contribution is 2.33. The van der Waals surface area contributed by atoms with Crippen molar-refractivity contribution < 1.29 is 14.3 Å². The number of hydrogen-bond acceptors (Lipinski definition) is 5. The molecule has 106 valence electrons. The molecule has 0 aromatic heterocycles. The lowest BCUT2D eigenvalue weighted by atomic mass is 10.1. The van der Waals surface area contributed by atoms with Gasteiger partial charge in [-0.3, -0.25) is 9.69 Å². The van der Waals surface area contributed by atoms with Gasteiger partial charge in [0.25, 0.3) is 5.91 Å². The number of benzene rings is 1. The second-order valence-electron chi connectivity index (χ2n) is 4.39. The Hall–Kier alpha value is -2.39. The Balaban J connectivity index is 1.87. The van der Waals surface area contributed by atoms with Gasteiger partial charge in [-0.05, 0) is 23.8 Å². The number of thioether (sulfide) groups is 1. The van der Waals surface area contributed by atoms with Gasteiger partial charge in [0.05, 0.1) is 5.75 Å². The van der Waals surface area contributed by atoms with Crippen LogP contribution in [0.4, 0.5) is 0 Å². The fourth-order valence-electron chi connectivity index (χ4n) is 1.97. The van der Waals surface area contributed by atoms with Gasteiger partial charge in [-0.2, -0.15) is 0 Å². The van der Waals surface area contributed by atoms with Crippen LogP contribution in [0.5, 0.6) is 11.5 Å². The number of terminal acetylenes is 1. The second-order valence-corrected chi connectivity index (χ2v) is 5.34. The summed E-state index contributed by atoms with van der Waals surface area (Å²) in [6, 6.07) is 5.50. The summed E-state index contributed by atoms with van der Waals surface area (Å²) in [5.41, 5.74) is 1.22. The average Bonchev–Trinajstić information content (AvgIpc) is 3.05. The van der Waals surface area contributed by atoms with Crippen molar-refractivity contribution >= 4 is 28.9 Å². The number of fused-ring (bicyclic) bond motifs is 1. The van der Waals surface area contributed by atoms with E-state index < -0.39 is 0 Å². The number of aliphatic imine (C=N–C) groups is 1. The van der Waals surface area contributed by atoms with E-state index in [0.717, 1.165) is 5.56 Å². The zero-order valence-corrected chi connectivity index (χ0v) is 12.1. The Morgan fingerprint density at radius 3 is 3.10 bits per heavy atom. The first-order chi connectivity index (χ1) is 10.2. The number of nitrogens with zero attached hydrogens (tertiary/aromatic N) is 2. The molecule has 0 atom stereocenters. The third-order valence-corrected chi connectivity index (χ3v) is 3.95. The Labute approximate surface area is 126 Å². The van der Waals surface area contributed by atoms with Gasteiger partial charge >= 0.3 is 0 Å². The van der Waals surface area contributed by atoms with Crippen molar-refractivity contribution in [2.24, 2.45) is 4.99 Å². The monoisotopic (exact) mass is 300 g/mol. The average molecular weight is 300 g/mol. The molecule has 0 aliphatic carbocycles. The molecule has 2 heterocycles. The molecule has 0 unspecified atom stereocenters. The lowest BCUT2D eigenvalue weighted by molar-refractivity contribution is -0.121. The summed E-state index contributed by atoms with van der Waals surface area (Å²) in [7, 11) is 1.69. The summed E-state index contributed by atoms with van der Waals surface area (Å²) < 4.78 is 10.6. The second kappa shape index (κ2) is 5.54.